The lowest BCUT2D eigenvalue weighted by Gasteiger charge is -2.12. The summed E-state index contributed by atoms with van der Waals surface area (Å²) in [6, 6.07) is 27.6. The van der Waals surface area contributed by atoms with Crippen molar-refractivity contribution in [2.24, 2.45) is 0 Å². The summed E-state index contributed by atoms with van der Waals surface area (Å²) >= 11 is 0. The fourth-order valence-electron chi connectivity index (χ4n) is 3.24. The zero-order valence-corrected chi connectivity index (χ0v) is 17.9. The van der Waals surface area contributed by atoms with Crippen molar-refractivity contribution in [3.8, 4) is 5.75 Å². The zero-order valence-electron chi connectivity index (χ0n) is 17.9. The van der Waals surface area contributed by atoms with Gasteiger partial charge in [0, 0.05) is 41.3 Å². The lowest BCUT2D eigenvalue weighted by Crippen LogP contribution is -2.24. The van der Waals surface area contributed by atoms with Gasteiger partial charge in [0.15, 0.2) is 0 Å². The molecule has 0 saturated carbocycles. The van der Waals surface area contributed by atoms with Gasteiger partial charge in [0.25, 0.3) is 11.8 Å². The molecule has 1 aromatic heterocycles. The number of ether oxygens (including phenoxy) is 1. The largest absolute Gasteiger partial charge is 0.489 e. The number of nitrogens with one attached hydrogen (secondary N) is 2. The zero-order chi connectivity index (χ0) is 22.9. The monoisotopic (exact) mass is 437 g/mol. The number of carbonyl (C=O) groups excluding carboxylic acids is 2. The van der Waals surface area contributed by atoms with Crippen molar-refractivity contribution in [3.05, 3.63) is 126 Å². The molecule has 0 saturated heterocycles. The standard InChI is InChI=1S/C27H23N3O3/c31-26(21-14-16-28-17-15-21)30-23-12-10-20(11-13-23)18-29-27(32)25-9-5-4-6-22(25)19-33-24-7-2-1-3-8-24/h1-17H,18-19H2,(H,29,32)(H,30,31). The second-order valence-electron chi connectivity index (χ2n) is 7.33. The van der Waals surface area contributed by atoms with Crippen LogP contribution in [0.2, 0.25) is 0 Å². The Labute approximate surface area is 192 Å². The molecule has 2 amide bonds. The Morgan fingerprint density at radius 1 is 0.758 bits per heavy atom. The number of para-hydroxylation sites is 1. The molecule has 164 valence electrons. The molecule has 4 aromatic rings. The highest BCUT2D eigenvalue weighted by Gasteiger charge is 2.11. The Balaban J connectivity index is 1.33. The van der Waals surface area contributed by atoms with Gasteiger partial charge >= 0.3 is 0 Å². The third-order valence-electron chi connectivity index (χ3n) is 5.01. The molecule has 0 aliphatic rings. The number of carbonyl (C=O) groups is 2. The molecule has 0 spiro atoms. The van der Waals surface area contributed by atoms with Crippen molar-refractivity contribution in [2.75, 3.05) is 5.32 Å². The topological polar surface area (TPSA) is 80.3 Å². The number of rotatable bonds is 8. The molecule has 0 radical (unpaired) electrons. The van der Waals surface area contributed by atoms with Crippen molar-refractivity contribution in [1.82, 2.24) is 10.3 Å². The molecule has 33 heavy (non-hydrogen) atoms. The molecule has 6 heteroatoms. The van der Waals surface area contributed by atoms with Crippen LogP contribution in [-0.2, 0) is 13.2 Å². The summed E-state index contributed by atoms with van der Waals surface area (Å²) in [5.74, 6) is 0.383. The van der Waals surface area contributed by atoms with Crippen molar-refractivity contribution in [1.29, 1.82) is 0 Å². The summed E-state index contributed by atoms with van der Waals surface area (Å²) in [5.41, 5.74) is 3.53. The summed E-state index contributed by atoms with van der Waals surface area (Å²) in [6.07, 6.45) is 3.15. The fraction of sp³-hybridized carbons (Fsp3) is 0.0741. The molecule has 0 fully saturated rings. The van der Waals surface area contributed by atoms with E-state index >= 15 is 0 Å². The second kappa shape index (κ2) is 10.7. The van der Waals surface area contributed by atoms with Gasteiger partial charge in [-0.05, 0) is 48.0 Å². The molecule has 0 aliphatic heterocycles. The van der Waals surface area contributed by atoms with E-state index in [0.29, 0.717) is 30.0 Å². The van der Waals surface area contributed by atoms with Gasteiger partial charge in [-0.15, -0.1) is 0 Å². The van der Waals surface area contributed by atoms with Crippen LogP contribution in [0.4, 0.5) is 5.69 Å². The van der Waals surface area contributed by atoms with E-state index in [1.165, 1.54) is 0 Å². The minimum absolute atomic E-state index is 0.169. The van der Waals surface area contributed by atoms with Gasteiger partial charge in [-0.25, -0.2) is 0 Å². The molecule has 2 N–H and O–H groups in total. The van der Waals surface area contributed by atoms with E-state index in [4.69, 9.17) is 4.74 Å². The first kappa shape index (κ1) is 21.8. The first-order chi connectivity index (χ1) is 16.2. The molecule has 4 rings (SSSR count). The molecule has 1 heterocycles. The van der Waals surface area contributed by atoms with E-state index in [0.717, 1.165) is 16.9 Å². The van der Waals surface area contributed by atoms with Gasteiger partial charge in [-0.2, -0.15) is 0 Å². The number of hydrogen-bond acceptors (Lipinski definition) is 4. The van der Waals surface area contributed by atoms with Crippen LogP contribution in [0.25, 0.3) is 0 Å². The van der Waals surface area contributed by atoms with Crippen LogP contribution in [0, 0.1) is 0 Å². The average Bonchev–Trinajstić information content (AvgIpc) is 2.88. The van der Waals surface area contributed by atoms with Crippen molar-refractivity contribution < 1.29 is 14.3 Å². The van der Waals surface area contributed by atoms with Crippen LogP contribution in [-0.4, -0.2) is 16.8 Å². The van der Waals surface area contributed by atoms with Crippen molar-refractivity contribution in [2.45, 2.75) is 13.2 Å². The number of nitrogens with zero attached hydrogens (tertiary/aromatic N) is 1. The SMILES string of the molecule is O=C(Nc1ccc(CNC(=O)c2ccccc2COc2ccccc2)cc1)c1ccncc1. The molecule has 0 unspecified atom stereocenters. The lowest BCUT2D eigenvalue weighted by atomic mass is 10.1. The van der Waals surface area contributed by atoms with Crippen LogP contribution in [0.15, 0.2) is 103 Å². The summed E-state index contributed by atoms with van der Waals surface area (Å²) < 4.78 is 5.80. The Morgan fingerprint density at radius 2 is 1.45 bits per heavy atom. The highest BCUT2D eigenvalue weighted by molar-refractivity contribution is 6.04. The van der Waals surface area contributed by atoms with Gasteiger partial charge in [0.05, 0.1) is 0 Å². The van der Waals surface area contributed by atoms with Crippen LogP contribution >= 0.6 is 0 Å². The third kappa shape index (κ3) is 6.04. The predicted octanol–water partition coefficient (Wildman–Crippen LogP) is 4.84. The third-order valence-corrected chi connectivity index (χ3v) is 5.01. The summed E-state index contributed by atoms with van der Waals surface area (Å²) in [6.45, 7) is 0.671. The summed E-state index contributed by atoms with van der Waals surface area (Å²) in [7, 11) is 0. The maximum Gasteiger partial charge on any atom is 0.255 e. The van der Waals surface area contributed by atoms with Gasteiger partial charge in [-0.1, -0.05) is 48.5 Å². The first-order valence-electron chi connectivity index (χ1n) is 10.5. The number of aromatic nitrogens is 1. The van der Waals surface area contributed by atoms with Gasteiger partial charge < -0.3 is 15.4 Å². The number of hydrogen-bond donors (Lipinski definition) is 2. The summed E-state index contributed by atoms with van der Waals surface area (Å²) in [5, 5.41) is 5.79. The van der Waals surface area contributed by atoms with E-state index in [2.05, 4.69) is 15.6 Å². The molecule has 0 bridgehead atoms. The molecular weight excluding hydrogens is 414 g/mol. The Bertz CT molecular complexity index is 1210. The normalized spacial score (nSPS) is 10.3. The lowest BCUT2D eigenvalue weighted by molar-refractivity contribution is 0.0947. The molecule has 0 aliphatic carbocycles. The van der Waals surface area contributed by atoms with Gasteiger partial charge in [0.2, 0.25) is 0 Å². The Hall–Kier alpha value is -4.45. The van der Waals surface area contributed by atoms with E-state index < -0.39 is 0 Å². The van der Waals surface area contributed by atoms with E-state index in [9.17, 15) is 9.59 Å². The van der Waals surface area contributed by atoms with Crippen molar-refractivity contribution in [3.63, 3.8) is 0 Å². The van der Waals surface area contributed by atoms with Gasteiger partial charge in [0.1, 0.15) is 12.4 Å². The predicted molar refractivity (Wildman–Crippen MR) is 127 cm³/mol. The Morgan fingerprint density at radius 3 is 2.21 bits per heavy atom. The van der Waals surface area contributed by atoms with Crippen LogP contribution < -0.4 is 15.4 Å². The summed E-state index contributed by atoms with van der Waals surface area (Å²) in [4.78, 5) is 28.9. The number of anilines is 1. The van der Waals surface area contributed by atoms with E-state index in [1.807, 2.05) is 72.8 Å². The highest BCUT2D eigenvalue weighted by Crippen LogP contribution is 2.16. The Kier molecular flexibility index (Phi) is 7.08. The quantitative estimate of drug-likeness (QED) is 0.413. The average molecular weight is 437 g/mol. The molecule has 3 aromatic carbocycles. The smallest absolute Gasteiger partial charge is 0.255 e. The van der Waals surface area contributed by atoms with Crippen LogP contribution in [0.3, 0.4) is 0 Å². The maximum atomic E-state index is 12.8. The number of amides is 2. The first-order valence-corrected chi connectivity index (χ1v) is 10.5. The molecular formula is C27H23N3O3. The van der Waals surface area contributed by atoms with Gasteiger partial charge in [-0.3, -0.25) is 14.6 Å². The highest BCUT2D eigenvalue weighted by atomic mass is 16.5. The number of pyridine rings is 1. The minimum atomic E-state index is -0.201. The van der Waals surface area contributed by atoms with E-state index in [1.54, 1.807) is 30.6 Å². The fourth-order valence-corrected chi connectivity index (χ4v) is 3.24. The van der Waals surface area contributed by atoms with Crippen LogP contribution in [0.1, 0.15) is 31.8 Å². The minimum Gasteiger partial charge on any atom is -0.489 e. The van der Waals surface area contributed by atoms with Crippen LogP contribution in [0.5, 0.6) is 5.75 Å². The van der Waals surface area contributed by atoms with E-state index in [-0.39, 0.29) is 11.8 Å². The van der Waals surface area contributed by atoms with Crippen molar-refractivity contribution >= 4 is 17.5 Å². The maximum absolute atomic E-state index is 12.8. The molecule has 6 nitrogen and oxygen atoms in total. The number of benzene rings is 3. The molecule has 0 atom stereocenters. The second-order valence-corrected chi connectivity index (χ2v) is 7.33.